The molecule has 0 unspecified atom stereocenters. The molecular formula is C25H24N4O3S. The minimum absolute atomic E-state index is 0.0618. The number of hydrogen-bond donors (Lipinski definition) is 3. The Morgan fingerprint density at radius 3 is 2.52 bits per heavy atom. The first-order valence-corrected chi connectivity index (χ1v) is 10.9. The van der Waals surface area contributed by atoms with Crippen molar-refractivity contribution in [1.29, 1.82) is 0 Å². The molecule has 1 aromatic heterocycles. The van der Waals surface area contributed by atoms with Gasteiger partial charge in [0, 0.05) is 11.1 Å². The van der Waals surface area contributed by atoms with E-state index in [0.29, 0.717) is 22.7 Å². The minimum atomic E-state index is -0.323. The Hall–Kier alpha value is -3.91. The third kappa shape index (κ3) is 5.30. The Bertz CT molecular complexity index is 1270. The number of carbonyl (C=O) groups is 1. The number of rotatable bonds is 6. The van der Waals surface area contributed by atoms with Crippen LogP contribution in [0.15, 0.2) is 66.7 Å². The summed E-state index contributed by atoms with van der Waals surface area (Å²) >= 11 is 5.37. The predicted molar refractivity (Wildman–Crippen MR) is 134 cm³/mol. The van der Waals surface area contributed by atoms with Gasteiger partial charge in [0.15, 0.2) is 5.11 Å². The molecule has 1 heterocycles. The number of para-hydroxylation sites is 2. The van der Waals surface area contributed by atoms with E-state index in [9.17, 15) is 4.79 Å². The summed E-state index contributed by atoms with van der Waals surface area (Å²) < 4.78 is 11.1. The van der Waals surface area contributed by atoms with E-state index in [0.717, 1.165) is 22.4 Å². The number of ether oxygens (including phenoxy) is 2. The predicted octanol–water partition coefficient (Wildman–Crippen LogP) is 5.15. The average molecular weight is 461 g/mol. The highest BCUT2D eigenvalue weighted by Gasteiger charge is 2.13. The largest absolute Gasteiger partial charge is 0.495 e. The van der Waals surface area contributed by atoms with E-state index in [2.05, 4.69) is 20.6 Å². The standard InChI is InChI=1S/C25H24N4O3S/c1-15(2)32-18-11-8-16(9-12-18)24(30)29-25(33)28-21-14-17(10-13-22(21)31-3)23-26-19-6-4-5-7-20(19)27-23/h4-15H,1-3H3,(H,26,27)(H2,28,29,30,33). The van der Waals surface area contributed by atoms with Crippen molar-refractivity contribution in [1.82, 2.24) is 15.3 Å². The van der Waals surface area contributed by atoms with Crippen LogP contribution in [0.1, 0.15) is 24.2 Å². The summed E-state index contributed by atoms with van der Waals surface area (Å²) in [6, 6.07) is 20.3. The molecule has 3 aromatic carbocycles. The van der Waals surface area contributed by atoms with E-state index in [1.807, 2.05) is 56.3 Å². The lowest BCUT2D eigenvalue weighted by Gasteiger charge is -2.14. The summed E-state index contributed by atoms with van der Waals surface area (Å²) in [7, 11) is 1.57. The van der Waals surface area contributed by atoms with Crippen molar-refractivity contribution in [3.05, 3.63) is 72.3 Å². The Morgan fingerprint density at radius 2 is 1.82 bits per heavy atom. The van der Waals surface area contributed by atoms with E-state index in [4.69, 9.17) is 21.7 Å². The molecule has 0 spiro atoms. The zero-order chi connectivity index (χ0) is 23.4. The van der Waals surface area contributed by atoms with Crippen LogP contribution in [0.25, 0.3) is 22.4 Å². The summed E-state index contributed by atoms with van der Waals surface area (Å²) in [6.45, 7) is 3.89. The molecule has 0 saturated carbocycles. The second-order valence-electron chi connectivity index (χ2n) is 7.62. The van der Waals surface area contributed by atoms with Crippen molar-refractivity contribution in [3.8, 4) is 22.9 Å². The van der Waals surface area contributed by atoms with Crippen molar-refractivity contribution in [3.63, 3.8) is 0 Å². The Labute approximate surface area is 197 Å². The summed E-state index contributed by atoms with van der Waals surface area (Å²) in [5.74, 6) is 1.69. The number of hydrogen-bond acceptors (Lipinski definition) is 5. The Morgan fingerprint density at radius 1 is 1.06 bits per heavy atom. The number of carbonyl (C=O) groups excluding carboxylic acids is 1. The lowest BCUT2D eigenvalue weighted by molar-refractivity contribution is 0.0977. The Kier molecular flexibility index (Phi) is 6.55. The van der Waals surface area contributed by atoms with Gasteiger partial charge in [0.25, 0.3) is 5.91 Å². The van der Waals surface area contributed by atoms with Crippen LogP contribution in [0.5, 0.6) is 11.5 Å². The van der Waals surface area contributed by atoms with Crippen molar-refractivity contribution in [2.45, 2.75) is 20.0 Å². The van der Waals surface area contributed by atoms with Gasteiger partial charge in [0.1, 0.15) is 17.3 Å². The average Bonchev–Trinajstić information content (AvgIpc) is 3.23. The SMILES string of the molecule is COc1ccc(-c2nc3ccccc3[nH]2)cc1NC(=S)NC(=O)c1ccc(OC(C)C)cc1. The molecular weight excluding hydrogens is 436 g/mol. The third-order valence-electron chi connectivity index (χ3n) is 4.83. The van der Waals surface area contributed by atoms with Crippen molar-refractivity contribution in [2.24, 2.45) is 0 Å². The number of nitrogens with zero attached hydrogens (tertiary/aromatic N) is 1. The van der Waals surface area contributed by atoms with Gasteiger partial charge in [-0.2, -0.15) is 0 Å². The monoisotopic (exact) mass is 460 g/mol. The number of imidazole rings is 1. The molecule has 33 heavy (non-hydrogen) atoms. The smallest absolute Gasteiger partial charge is 0.257 e. The van der Waals surface area contributed by atoms with Crippen LogP contribution >= 0.6 is 12.2 Å². The fourth-order valence-corrected chi connectivity index (χ4v) is 3.53. The van der Waals surface area contributed by atoms with Crippen LogP contribution in [0.4, 0.5) is 5.69 Å². The summed E-state index contributed by atoms with van der Waals surface area (Å²) in [6.07, 6.45) is 0.0618. The first-order valence-electron chi connectivity index (χ1n) is 10.4. The van der Waals surface area contributed by atoms with Gasteiger partial charge in [0.05, 0.1) is 29.9 Å². The lowest BCUT2D eigenvalue weighted by atomic mass is 10.1. The van der Waals surface area contributed by atoms with Crippen molar-refractivity contribution in [2.75, 3.05) is 12.4 Å². The molecule has 4 rings (SSSR count). The van der Waals surface area contributed by atoms with Crippen LogP contribution in [-0.4, -0.2) is 34.2 Å². The summed E-state index contributed by atoms with van der Waals surface area (Å²) in [5.41, 5.74) is 3.76. The van der Waals surface area contributed by atoms with Gasteiger partial charge in [-0.15, -0.1) is 0 Å². The second-order valence-corrected chi connectivity index (χ2v) is 8.03. The molecule has 8 heteroatoms. The lowest BCUT2D eigenvalue weighted by Crippen LogP contribution is -2.34. The van der Waals surface area contributed by atoms with Crippen LogP contribution in [-0.2, 0) is 0 Å². The molecule has 168 valence electrons. The number of nitrogens with one attached hydrogen (secondary N) is 3. The number of methoxy groups -OCH3 is 1. The van der Waals surface area contributed by atoms with Gasteiger partial charge < -0.3 is 19.8 Å². The van der Waals surface area contributed by atoms with Gasteiger partial charge in [0.2, 0.25) is 0 Å². The maximum absolute atomic E-state index is 12.6. The normalized spacial score (nSPS) is 10.8. The van der Waals surface area contributed by atoms with E-state index in [1.54, 1.807) is 31.4 Å². The van der Waals surface area contributed by atoms with E-state index >= 15 is 0 Å². The molecule has 0 fully saturated rings. The van der Waals surface area contributed by atoms with Crippen LogP contribution in [0.2, 0.25) is 0 Å². The molecule has 1 amide bonds. The minimum Gasteiger partial charge on any atom is -0.495 e. The molecule has 0 aliphatic carbocycles. The quantitative estimate of drug-likeness (QED) is 0.345. The number of benzene rings is 3. The van der Waals surface area contributed by atoms with Crippen LogP contribution < -0.4 is 20.1 Å². The maximum atomic E-state index is 12.6. The number of amides is 1. The van der Waals surface area contributed by atoms with Crippen molar-refractivity contribution >= 4 is 40.0 Å². The first-order chi connectivity index (χ1) is 15.9. The van der Waals surface area contributed by atoms with Crippen molar-refractivity contribution < 1.29 is 14.3 Å². The maximum Gasteiger partial charge on any atom is 0.257 e. The highest BCUT2D eigenvalue weighted by atomic mass is 32.1. The number of anilines is 1. The number of H-pyrrole nitrogens is 1. The van der Waals surface area contributed by atoms with E-state index in [-0.39, 0.29) is 17.1 Å². The summed E-state index contributed by atoms with van der Waals surface area (Å²) in [5, 5.41) is 5.91. The molecule has 0 atom stereocenters. The zero-order valence-corrected chi connectivity index (χ0v) is 19.3. The Balaban J connectivity index is 1.48. The molecule has 7 nitrogen and oxygen atoms in total. The molecule has 0 saturated heterocycles. The fourth-order valence-electron chi connectivity index (χ4n) is 3.33. The second kappa shape index (κ2) is 9.70. The molecule has 3 N–H and O–H groups in total. The van der Waals surface area contributed by atoms with Crippen LogP contribution in [0.3, 0.4) is 0 Å². The number of aromatic amines is 1. The molecule has 0 radical (unpaired) electrons. The highest BCUT2D eigenvalue weighted by Crippen LogP contribution is 2.30. The number of thiocarbonyl (C=S) groups is 1. The fraction of sp³-hybridized carbons (Fsp3) is 0.160. The molecule has 0 aliphatic heterocycles. The summed E-state index contributed by atoms with van der Waals surface area (Å²) in [4.78, 5) is 20.5. The van der Waals surface area contributed by atoms with Gasteiger partial charge in [-0.3, -0.25) is 10.1 Å². The van der Waals surface area contributed by atoms with Gasteiger partial charge in [-0.1, -0.05) is 12.1 Å². The van der Waals surface area contributed by atoms with Gasteiger partial charge >= 0.3 is 0 Å². The topological polar surface area (TPSA) is 88.3 Å². The van der Waals surface area contributed by atoms with E-state index in [1.165, 1.54) is 0 Å². The third-order valence-corrected chi connectivity index (χ3v) is 5.03. The number of aromatic nitrogens is 2. The molecule has 0 aliphatic rings. The zero-order valence-electron chi connectivity index (χ0n) is 18.5. The molecule has 4 aromatic rings. The number of fused-ring (bicyclic) bond motifs is 1. The highest BCUT2D eigenvalue weighted by molar-refractivity contribution is 7.80. The van der Waals surface area contributed by atoms with Gasteiger partial charge in [-0.25, -0.2) is 4.98 Å². The molecule has 0 bridgehead atoms. The van der Waals surface area contributed by atoms with E-state index < -0.39 is 0 Å². The first kappa shape index (κ1) is 22.3. The van der Waals surface area contributed by atoms with Crippen LogP contribution in [0, 0.1) is 0 Å². The van der Waals surface area contributed by atoms with Gasteiger partial charge in [-0.05, 0) is 80.7 Å².